The zero-order valence-electron chi connectivity index (χ0n) is 17.9. The van der Waals surface area contributed by atoms with Gasteiger partial charge in [0.2, 0.25) is 0 Å². The Kier molecular flexibility index (Phi) is 4.76. The third-order valence-corrected chi connectivity index (χ3v) is 9.16. The van der Waals surface area contributed by atoms with Crippen LogP contribution in [0.1, 0.15) is 72.6 Å². The maximum atomic E-state index is 13.6. The maximum absolute atomic E-state index is 13.6. The van der Waals surface area contributed by atoms with Gasteiger partial charge in [-0.05, 0) is 55.3 Å². The number of carbonyl (C=O) groups is 2. The van der Waals surface area contributed by atoms with Gasteiger partial charge in [0.1, 0.15) is 18.2 Å². The van der Waals surface area contributed by atoms with Crippen LogP contribution in [0.25, 0.3) is 0 Å². The first-order chi connectivity index (χ1) is 13.2. The molecule has 0 saturated heterocycles. The minimum absolute atomic E-state index is 0.0106. The summed E-state index contributed by atoms with van der Waals surface area (Å²) in [6, 6.07) is 0. The van der Waals surface area contributed by atoms with Gasteiger partial charge in [0, 0.05) is 36.1 Å². The Labute approximate surface area is 168 Å². The number of rotatable bonds is 3. The number of ketones is 2. The molecule has 4 aliphatic rings. The van der Waals surface area contributed by atoms with Crippen LogP contribution in [0, 0.1) is 39.9 Å². The van der Waals surface area contributed by atoms with E-state index in [1.165, 1.54) is 0 Å². The van der Waals surface area contributed by atoms with E-state index in [1.54, 1.807) is 0 Å². The van der Waals surface area contributed by atoms with Crippen molar-refractivity contribution in [2.45, 2.75) is 72.6 Å². The van der Waals surface area contributed by atoms with Crippen molar-refractivity contribution in [2.75, 3.05) is 13.2 Å². The number of nitrogens with two attached hydrogens (primary N) is 1. The number of fused-ring (bicyclic) bond motifs is 5. The average Bonchev–Trinajstić information content (AvgIpc) is 2.92. The van der Waals surface area contributed by atoms with Crippen molar-refractivity contribution in [3.05, 3.63) is 0 Å². The lowest BCUT2D eigenvalue weighted by Crippen LogP contribution is -2.61. The maximum Gasteiger partial charge on any atom is 0.139 e. The first kappa shape index (κ1) is 20.1. The van der Waals surface area contributed by atoms with Crippen LogP contribution < -0.4 is 5.73 Å². The van der Waals surface area contributed by atoms with Gasteiger partial charge < -0.3 is 10.6 Å². The van der Waals surface area contributed by atoms with Crippen LogP contribution in [-0.2, 0) is 14.4 Å². The SMILES string of the molecule is CC1(C)/C(=N\OCCN)CC[C@@]2(C)C1C(=O)C[C@@H]1[C@@H]2CC[C@]2(C)C(=O)CC[C@@H]12. The van der Waals surface area contributed by atoms with Gasteiger partial charge in [-0.25, -0.2) is 0 Å². The van der Waals surface area contributed by atoms with Gasteiger partial charge >= 0.3 is 0 Å². The molecule has 4 fully saturated rings. The fourth-order valence-corrected chi connectivity index (χ4v) is 7.87. The van der Waals surface area contributed by atoms with E-state index in [1.807, 2.05) is 0 Å². The Morgan fingerprint density at radius 2 is 1.82 bits per heavy atom. The van der Waals surface area contributed by atoms with Crippen molar-refractivity contribution in [1.29, 1.82) is 0 Å². The summed E-state index contributed by atoms with van der Waals surface area (Å²) in [4.78, 5) is 31.6. The van der Waals surface area contributed by atoms with Crippen LogP contribution in [0.2, 0.25) is 0 Å². The second-order valence-corrected chi connectivity index (χ2v) is 10.8. The minimum atomic E-state index is -0.296. The summed E-state index contributed by atoms with van der Waals surface area (Å²) in [6.45, 7) is 9.72. The van der Waals surface area contributed by atoms with Crippen molar-refractivity contribution >= 4 is 17.3 Å². The number of hydrogen-bond donors (Lipinski definition) is 1. The van der Waals surface area contributed by atoms with Crippen molar-refractivity contribution in [2.24, 2.45) is 50.8 Å². The lowest BCUT2D eigenvalue weighted by molar-refractivity contribution is -0.160. The van der Waals surface area contributed by atoms with Crippen LogP contribution in [0.4, 0.5) is 0 Å². The highest BCUT2D eigenvalue weighted by molar-refractivity contribution is 5.97. The molecule has 4 rings (SSSR count). The van der Waals surface area contributed by atoms with Gasteiger partial charge in [0.05, 0.1) is 5.71 Å². The molecule has 0 bridgehead atoms. The molecule has 0 radical (unpaired) electrons. The summed E-state index contributed by atoms with van der Waals surface area (Å²) >= 11 is 0. The number of oxime groups is 1. The molecule has 0 spiro atoms. The predicted octanol–water partition coefficient (Wildman–Crippen LogP) is 3.74. The summed E-state index contributed by atoms with van der Waals surface area (Å²) in [5, 5.41) is 4.40. The average molecular weight is 389 g/mol. The second kappa shape index (κ2) is 6.65. The molecule has 156 valence electrons. The summed E-state index contributed by atoms with van der Waals surface area (Å²) < 4.78 is 0. The molecule has 0 heterocycles. The standard InChI is InChI=1S/C23H36N2O3/c1-21(2)18(25-28-12-11-24)8-10-23(4)16-7-9-22(3)15(5-6-19(22)27)14(16)13-17(26)20(21)23/h14-16,20H,5-13,24H2,1-4H3/b25-18-/t14-,15-,16-,20?,22-,23+/m0/s1. The predicted molar refractivity (Wildman–Crippen MR) is 109 cm³/mol. The van der Waals surface area contributed by atoms with E-state index in [-0.39, 0.29) is 22.2 Å². The van der Waals surface area contributed by atoms with E-state index in [0.717, 1.165) is 37.8 Å². The topological polar surface area (TPSA) is 81.8 Å². The largest absolute Gasteiger partial charge is 0.394 e. The molecule has 0 aromatic rings. The summed E-state index contributed by atoms with van der Waals surface area (Å²) in [5.74, 6) is 2.10. The van der Waals surface area contributed by atoms with Crippen LogP contribution >= 0.6 is 0 Å². The van der Waals surface area contributed by atoms with Gasteiger partial charge in [-0.1, -0.05) is 32.9 Å². The third kappa shape index (κ3) is 2.64. The van der Waals surface area contributed by atoms with E-state index >= 15 is 0 Å². The van der Waals surface area contributed by atoms with E-state index in [2.05, 4.69) is 32.9 Å². The molecule has 4 aliphatic carbocycles. The lowest BCUT2D eigenvalue weighted by atomic mass is 9.41. The van der Waals surface area contributed by atoms with E-state index < -0.39 is 0 Å². The van der Waals surface area contributed by atoms with Crippen LogP contribution in [0.5, 0.6) is 0 Å². The second-order valence-electron chi connectivity index (χ2n) is 10.8. The number of Topliss-reactive ketones (excluding diaryl/α,β-unsaturated/α-hetero) is 2. The van der Waals surface area contributed by atoms with E-state index in [9.17, 15) is 9.59 Å². The fourth-order valence-electron chi connectivity index (χ4n) is 7.87. The number of carbonyl (C=O) groups excluding carboxylic acids is 2. The summed E-state index contributed by atoms with van der Waals surface area (Å²) in [6.07, 6.45) is 6.26. The highest BCUT2D eigenvalue weighted by Crippen LogP contribution is 2.66. The van der Waals surface area contributed by atoms with Gasteiger partial charge in [0.25, 0.3) is 0 Å². The molecular formula is C23H36N2O3. The molecule has 4 saturated carbocycles. The Bertz CT molecular complexity index is 715. The Balaban J connectivity index is 1.66. The van der Waals surface area contributed by atoms with Crippen molar-refractivity contribution < 1.29 is 14.4 Å². The molecule has 5 heteroatoms. The van der Waals surface area contributed by atoms with E-state index in [4.69, 9.17) is 10.6 Å². The highest BCUT2D eigenvalue weighted by atomic mass is 16.6. The van der Waals surface area contributed by atoms with Gasteiger partial charge in [-0.3, -0.25) is 9.59 Å². The molecule has 0 amide bonds. The molecule has 0 aliphatic heterocycles. The normalized spacial score (nSPS) is 46.1. The Hall–Kier alpha value is -1.23. The first-order valence-electron chi connectivity index (χ1n) is 11.1. The highest BCUT2D eigenvalue weighted by Gasteiger charge is 2.65. The molecule has 0 aromatic carbocycles. The van der Waals surface area contributed by atoms with Crippen LogP contribution in [0.15, 0.2) is 5.16 Å². The first-order valence-corrected chi connectivity index (χ1v) is 11.1. The smallest absolute Gasteiger partial charge is 0.139 e. The van der Waals surface area contributed by atoms with Gasteiger partial charge in [-0.15, -0.1) is 0 Å². The summed E-state index contributed by atoms with van der Waals surface area (Å²) in [5.41, 5.74) is 6.04. The molecular weight excluding hydrogens is 352 g/mol. The molecule has 2 N–H and O–H groups in total. The number of hydrogen-bond acceptors (Lipinski definition) is 5. The van der Waals surface area contributed by atoms with Crippen molar-refractivity contribution in [3.63, 3.8) is 0 Å². The molecule has 5 nitrogen and oxygen atoms in total. The zero-order valence-corrected chi connectivity index (χ0v) is 17.9. The zero-order chi connectivity index (χ0) is 20.3. The lowest BCUT2D eigenvalue weighted by Gasteiger charge is -2.62. The van der Waals surface area contributed by atoms with Crippen LogP contribution in [-0.4, -0.2) is 30.4 Å². The molecule has 28 heavy (non-hydrogen) atoms. The van der Waals surface area contributed by atoms with Gasteiger partial charge in [-0.2, -0.15) is 0 Å². The van der Waals surface area contributed by atoms with Crippen molar-refractivity contribution in [3.8, 4) is 0 Å². The van der Waals surface area contributed by atoms with Crippen molar-refractivity contribution in [1.82, 2.24) is 0 Å². The fraction of sp³-hybridized carbons (Fsp3) is 0.870. The Morgan fingerprint density at radius 3 is 2.54 bits per heavy atom. The van der Waals surface area contributed by atoms with E-state index in [0.29, 0.717) is 55.3 Å². The molecule has 0 aromatic heterocycles. The molecule has 6 atom stereocenters. The quantitative estimate of drug-likeness (QED) is 0.590. The van der Waals surface area contributed by atoms with Crippen LogP contribution in [0.3, 0.4) is 0 Å². The number of nitrogens with zero attached hydrogens (tertiary/aromatic N) is 1. The monoisotopic (exact) mass is 388 g/mol. The molecule has 1 unspecified atom stereocenters. The summed E-state index contributed by atoms with van der Waals surface area (Å²) in [7, 11) is 0. The minimum Gasteiger partial charge on any atom is -0.394 e. The Morgan fingerprint density at radius 1 is 1.07 bits per heavy atom. The third-order valence-electron chi connectivity index (χ3n) is 9.16. The van der Waals surface area contributed by atoms with Gasteiger partial charge in [0.15, 0.2) is 0 Å².